The van der Waals surface area contributed by atoms with E-state index in [0.717, 1.165) is 39.3 Å². The quantitative estimate of drug-likeness (QED) is 0.331. The first kappa shape index (κ1) is 22.7. The predicted molar refractivity (Wildman–Crippen MR) is 110 cm³/mol. The number of hydrogen-bond donors (Lipinski definition) is 0. The van der Waals surface area contributed by atoms with Gasteiger partial charge in [0, 0.05) is 33.5 Å². The first-order valence-electron chi connectivity index (χ1n) is 11.1. The van der Waals surface area contributed by atoms with Crippen LogP contribution in [0.5, 0.6) is 0 Å². The van der Waals surface area contributed by atoms with E-state index in [1.807, 2.05) is 6.07 Å². The van der Waals surface area contributed by atoms with E-state index in [1.165, 1.54) is 13.8 Å². The highest BCUT2D eigenvalue weighted by atomic mass is 16.6. The molecule has 0 aromatic heterocycles. The van der Waals surface area contributed by atoms with Gasteiger partial charge in [-0.3, -0.25) is 19.3 Å². The summed E-state index contributed by atoms with van der Waals surface area (Å²) in [6.07, 6.45) is -3.19. The van der Waals surface area contributed by atoms with E-state index in [-0.39, 0.29) is 6.61 Å². The molecule has 1 aromatic rings. The highest BCUT2D eigenvalue weighted by molar-refractivity contribution is 5.76. The summed E-state index contributed by atoms with van der Waals surface area (Å²) in [4.78, 5) is 39.2. The molecule has 0 aliphatic carbocycles. The molecule has 4 heterocycles. The smallest absolute Gasteiger partial charge is 0.314 e. The zero-order chi connectivity index (χ0) is 22.9. The van der Waals surface area contributed by atoms with E-state index in [1.54, 1.807) is 24.3 Å². The number of benzene rings is 1. The Hall–Kier alpha value is -2.49. The fraction of sp³-hybridized carbons (Fsp3) is 0.609. The molecule has 5 atom stereocenters. The lowest BCUT2D eigenvalue weighted by atomic mass is 9.79. The van der Waals surface area contributed by atoms with Gasteiger partial charge in [-0.2, -0.15) is 0 Å². The Morgan fingerprint density at radius 3 is 2.31 bits per heavy atom. The number of hydrogen-bond acceptors (Lipinski definition) is 8. The van der Waals surface area contributed by atoms with Crippen LogP contribution >= 0.6 is 0 Å². The minimum absolute atomic E-state index is 0.219. The fourth-order valence-corrected chi connectivity index (χ4v) is 5.47. The maximum absolute atomic E-state index is 13.7. The standard InChI is InChI=1S/C23H30N2O7/c1-15(26)30-14-18-22(31-16(2)27)20(25-11-8-24(9-12-25)10-13-25)19(23(29)32-18)21(28)17-6-4-3-5-7-17/h3-7,18-22H,8-14H2,1-2H3/t18-,19+,20-,21?,22-/m1/s1. The third-order valence-electron chi connectivity index (χ3n) is 7.03. The van der Waals surface area contributed by atoms with Crippen molar-refractivity contribution in [1.29, 1.82) is 0 Å². The molecule has 0 amide bonds. The number of carbonyl (C=O) groups excluding carboxylic acids is 3. The number of nitrogens with zero attached hydrogens (tertiary/aromatic N) is 2. The molecule has 9 nitrogen and oxygen atoms in total. The highest BCUT2D eigenvalue weighted by Crippen LogP contribution is 2.40. The summed E-state index contributed by atoms with van der Waals surface area (Å²) in [7, 11) is 0. The van der Waals surface area contributed by atoms with Gasteiger partial charge < -0.3 is 23.8 Å². The van der Waals surface area contributed by atoms with Gasteiger partial charge in [0.25, 0.3) is 0 Å². The Morgan fingerprint density at radius 2 is 1.75 bits per heavy atom. The lowest BCUT2D eigenvalue weighted by Crippen LogP contribution is -2.78. The molecular formula is C23H30N2O7. The second kappa shape index (κ2) is 9.17. The van der Waals surface area contributed by atoms with E-state index < -0.39 is 48.2 Å². The van der Waals surface area contributed by atoms with Crippen molar-refractivity contribution < 1.29 is 38.2 Å². The van der Waals surface area contributed by atoms with E-state index in [2.05, 4.69) is 4.90 Å². The van der Waals surface area contributed by atoms with Crippen LogP contribution in [-0.2, 0) is 28.6 Å². The number of rotatable bonds is 6. The van der Waals surface area contributed by atoms with Crippen LogP contribution in [0.4, 0.5) is 0 Å². The highest BCUT2D eigenvalue weighted by Gasteiger charge is 2.60. The zero-order valence-corrected chi connectivity index (χ0v) is 18.5. The Kier molecular flexibility index (Phi) is 6.50. The molecule has 2 bridgehead atoms. The van der Waals surface area contributed by atoms with Crippen LogP contribution in [0.1, 0.15) is 25.5 Å². The molecule has 1 unspecified atom stereocenters. The SMILES string of the molecule is CC(=O)OC[C@H]1OC(=O)[C@H](C([O-])c2ccccc2)[C@@H]([N+]23CCN(CC2)CC3)[C@@H]1OC(C)=O. The Balaban J connectivity index is 1.76. The second-order valence-electron chi connectivity index (χ2n) is 8.93. The molecular weight excluding hydrogens is 416 g/mol. The third-order valence-corrected chi connectivity index (χ3v) is 7.03. The van der Waals surface area contributed by atoms with E-state index in [4.69, 9.17) is 14.2 Å². The Bertz CT molecular complexity index is 839. The van der Waals surface area contributed by atoms with Gasteiger partial charge in [-0.1, -0.05) is 42.0 Å². The molecule has 0 N–H and O–H groups in total. The minimum atomic E-state index is -1.37. The summed E-state index contributed by atoms with van der Waals surface area (Å²) in [5.74, 6) is -2.70. The third kappa shape index (κ3) is 4.37. The topological polar surface area (TPSA) is 105 Å². The van der Waals surface area contributed by atoms with Crippen LogP contribution in [0.15, 0.2) is 30.3 Å². The lowest BCUT2D eigenvalue weighted by Gasteiger charge is -2.59. The largest absolute Gasteiger partial charge is 0.848 e. The van der Waals surface area contributed by atoms with E-state index >= 15 is 0 Å². The molecule has 0 saturated carbocycles. The zero-order valence-electron chi connectivity index (χ0n) is 18.5. The van der Waals surface area contributed by atoms with Crippen LogP contribution in [0.2, 0.25) is 0 Å². The van der Waals surface area contributed by atoms with Gasteiger partial charge in [-0.25, -0.2) is 0 Å². The van der Waals surface area contributed by atoms with Crippen LogP contribution in [0.25, 0.3) is 0 Å². The number of cyclic esters (lactones) is 1. The van der Waals surface area contributed by atoms with Gasteiger partial charge >= 0.3 is 17.9 Å². The van der Waals surface area contributed by atoms with Crippen molar-refractivity contribution in [2.45, 2.75) is 38.2 Å². The van der Waals surface area contributed by atoms with Gasteiger partial charge in [-0.05, 0) is 0 Å². The molecule has 4 aliphatic heterocycles. The maximum Gasteiger partial charge on any atom is 0.314 e. The van der Waals surface area contributed by atoms with Crippen molar-refractivity contribution in [3.63, 3.8) is 0 Å². The number of fused-ring (bicyclic) bond motifs is 3. The summed E-state index contributed by atoms with van der Waals surface area (Å²) >= 11 is 0. The molecule has 174 valence electrons. The number of quaternary nitrogens is 1. The Labute approximate surface area is 187 Å². The van der Waals surface area contributed by atoms with Gasteiger partial charge in [0.1, 0.15) is 18.6 Å². The molecule has 32 heavy (non-hydrogen) atoms. The summed E-state index contributed by atoms with van der Waals surface area (Å²) < 4.78 is 17.0. The van der Waals surface area contributed by atoms with Crippen molar-refractivity contribution >= 4 is 17.9 Å². The summed E-state index contributed by atoms with van der Waals surface area (Å²) in [5.41, 5.74) is 0.494. The fourth-order valence-electron chi connectivity index (χ4n) is 5.47. The monoisotopic (exact) mass is 446 g/mol. The molecule has 5 rings (SSSR count). The second-order valence-corrected chi connectivity index (χ2v) is 8.93. The van der Waals surface area contributed by atoms with Crippen LogP contribution in [-0.4, -0.2) is 91.4 Å². The first-order valence-corrected chi connectivity index (χ1v) is 11.1. The summed E-state index contributed by atoms with van der Waals surface area (Å²) in [6, 6.07) is 8.19. The normalized spacial score (nSPS) is 35.0. The number of esters is 3. The molecule has 4 fully saturated rings. The van der Waals surface area contributed by atoms with Crippen molar-refractivity contribution in [3.8, 4) is 0 Å². The van der Waals surface area contributed by atoms with Gasteiger partial charge in [0.05, 0.1) is 19.6 Å². The minimum Gasteiger partial charge on any atom is -0.848 e. The maximum atomic E-state index is 13.7. The summed E-state index contributed by atoms with van der Waals surface area (Å²) in [5, 5.41) is 13.7. The molecule has 4 saturated heterocycles. The average Bonchev–Trinajstić information content (AvgIpc) is 2.79. The van der Waals surface area contributed by atoms with Crippen molar-refractivity contribution in [1.82, 2.24) is 4.90 Å². The summed E-state index contributed by atoms with van der Waals surface area (Å²) in [6.45, 7) is 7.18. The Morgan fingerprint density at radius 1 is 1.12 bits per heavy atom. The molecule has 0 spiro atoms. The van der Waals surface area contributed by atoms with Crippen molar-refractivity contribution in [2.24, 2.45) is 5.92 Å². The van der Waals surface area contributed by atoms with Crippen LogP contribution < -0.4 is 5.11 Å². The van der Waals surface area contributed by atoms with E-state index in [9.17, 15) is 19.5 Å². The number of ether oxygens (including phenoxy) is 3. The molecule has 4 aliphatic rings. The number of carbonyl (C=O) groups is 3. The van der Waals surface area contributed by atoms with Gasteiger partial charge in [0.15, 0.2) is 12.2 Å². The average molecular weight is 447 g/mol. The lowest BCUT2D eigenvalue weighted by molar-refractivity contribution is -0.971. The van der Waals surface area contributed by atoms with Gasteiger partial charge in [0.2, 0.25) is 0 Å². The number of piperazine rings is 3. The van der Waals surface area contributed by atoms with Crippen molar-refractivity contribution in [2.75, 3.05) is 45.9 Å². The first-order chi connectivity index (χ1) is 15.3. The van der Waals surface area contributed by atoms with Crippen molar-refractivity contribution in [3.05, 3.63) is 35.9 Å². The molecule has 1 aromatic carbocycles. The molecule has 9 heteroatoms. The van der Waals surface area contributed by atoms with E-state index in [0.29, 0.717) is 10.0 Å². The van der Waals surface area contributed by atoms with Crippen LogP contribution in [0, 0.1) is 5.92 Å². The van der Waals surface area contributed by atoms with Gasteiger partial charge in [-0.15, -0.1) is 0 Å². The molecule has 0 radical (unpaired) electrons. The predicted octanol–water partition coefficient (Wildman–Crippen LogP) is -0.361. The van der Waals surface area contributed by atoms with Crippen LogP contribution in [0.3, 0.4) is 0 Å².